The van der Waals surface area contributed by atoms with Gasteiger partial charge in [-0.15, -0.1) is 0 Å². The molecule has 0 aliphatic carbocycles. The number of para-hydroxylation sites is 1. The number of halogens is 1. The molecular weight excluding hydrogens is 229 g/mol. The van der Waals surface area contributed by atoms with E-state index < -0.39 is 0 Å². The van der Waals surface area contributed by atoms with Crippen LogP contribution in [0.3, 0.4) is 0 Å². The van der Waals surface area contributed by atoms with E-state index in [9.17, 15) is 4.39 Å². The zero-order valence-electron chi connectivity index (χ0n) is 10.3. The Hall–Kier alpha value is -2.03. The highest BCUT2D eigenvalue weighted by Crippen LogP contribution is 2.13. The van der Waals surface area contributed by atoms with E-state index in [0.717, 1.165) is 12.2 Å². The van der Waals surface area contributed by atoms with Crippen LogP contribution in [-0.4, -0.2) is 20.2 Å². The van der Waals surface area contributed by atoms with Crippen molar-refractivity contribution < 1.29 is 9.13 Å². The highest BCUT2D eigenvalue weighted by molar-refractivity contribution is 5.44. The molecule has 0 N–H and O–H groups in total. The summed E-state index contributed by atoms with van der Waals surface area (Å²) in [4.78, 5) is 2.11. The maximum atomic E-state index is 12.7. The average molecular weight is 245 g/mol. The predicted octanol–water partition coefficient (Wildman–Crippen LogP) is 3.34. The monoisotopic (exact) mass is 245 g/mol. The average Bonchev–Trinajstić information content (AvgIpc) is 2.42. The van der Waals surface area contributed by atoms with Gasteiger partial charge in [-0.05, 0) is 36.4 Å². The molecule has 0 amide bonds. The second kappa shape index (κ2) is 6.05. The first-order valence-corrected chi connectivity index (χ1v) is 5.90. The van der Waals surface area contributed by atoms with Gasteiger partial charge in [-0.25, -0.2) is 4.39 Å². The number of benzene rings is 2. The molecular formula is C15H16FNO. The van der Waals surface area contributed by atoms with Gasteiger partial charge in [-0.3, -0.25) is 0 Å². The van der Waals surface area contributed by atoms with Crippen LogP contribution >= 0.6 is 0 Å². The van der Waals surface area contributed by atoms with Crippen LogP contribution in [-0.2, 0) is 0 Å². The van der Waals surface area contributed by atoms with Crippen molar-refractivity contribution >= 4 is 5.69 Å². The third kappa shape index (κ3) is 3.48. The summed E-state index contributed by atoms with van der Waals surface area (Å²) in [6.45, 7) is 1.35. The summed E-state index contributed by atoms with van der Waals surface area (Å²) in [5.41, 5.74) is 1.15. The highest BCUT2D eigenvalue weighted by atomic mass is 19.1. The van der Waals surface area contributed by atoms with Crippen molar-refractivity contribution in [3.05, 3.63) is 60.4 Å². The molecule has 0 saturated heterocycles. The summed E-state index contributed by atoms with van der Waals surface area (Å²) in [6, 6.07) is 16.2. The molecule has 0 fully saturated rings. The Bertz CT molecular complexity index is 470. The van der Waals surface area contributed by atoms with Gasteiger partial charge in [0.15, 0.2) is 0 Å². The Morgan fingerprint density at radius 2 is 1.67 bits per heavy atom. The minimum absolute atomic E-state index is 0.247. The third-order valence-corrected chi connectivity index (χ3v) is 2.71. The molecule has 0 heterocycles. The number of hydrogen-bond acceptors (Lipinski definition) is 2. The zero-order valence-corrected chi connectivity index (χ0v) is 10.3. The van der Waals surface area contributed by atoms with Crippen LogP contribution in [0.1, 0.15) is 0 Å². The first-order chi connectivity index (χ1) is 8.75. The van der Waals surface area contributed by atoms with Crippen LogP contribution < -0.4 is 9.64 Å². The van der Waals surface area contributed by atoms with Crippen LogP contribution in [0.25, 0.3) is 0 Å². The maximum absolute atomic E-state index is 12.7. The maximum Gasteiger partial charge on any atom is 0.123 e. The van der Waals surface area contributed by atoms with E-state index >= 15 is 0 Å². The first-order valence-electron chi connectivity index (χ1n) is 5.90. The topological polar surface area (TPSA) is 12.5 Å². The molecule has 2 aromatic carbocycles. The molecule has 2 aromatic rings. The quantitative estimate of drug-likeness (QED) is 0.801. The van der Waals surface area contributed by atoms with Crippen LogP contribution in [0.5, 0.6) is 5.75 Å². The van der Waals surface area contributed by atoms with Crippen LogP contribution in [0.4, 0.5) is 10.1 Å². The van der Waals surface area contributed by atoms with E-state index in [-0.39, 0.29) is 5.82 Å². The Morgan fingerprint density at radius 1 is 1.00 bits per heavy atom. The number of nitrogens with zero attached hydrogens (tertiary/aromatic N) is 1. The fraction of sp³-hybridized carbons (Fsp3) is 0.200. The minimum Gasteiger partial charge on any atom is -0.492 e. The lowest BCUT2D eigenvalue weighted by molar-refractivity contribution is 0.325. The molecule has 0 atom stereocenters. The Kier molecular flexibility index (Phi) is 4.18. The molecule has 0 unspecified atom stereocenters. The van der Waals surface area contributed by atoms with Crippen LogP contribution in [0.2, 0.25) is 0 Å². The van der Waals surface area contributed by atoms with Gasteiger partial charge in [-0.2, -0.15) is 0 Å². The summed E-state index contributed by atoms with van der Waals surface area (Å²) in [7, 11) is 2.02. The molecule has 0 aliphatic rings. The molecule has 0 aromatic heterocycles. The summed E-state index contributed by atoms with van der Waals surface area (Å²) >= 11 is 0. The van der Waals surface area contributed by atoms with E-state index in [2.05, 4.69) is 17.0 Å². The van der Waals surface area contributed by atoms with Crippen LogP contribution in [0.15, 0.2) is 54.6 Å². The van der Waals surface area contributed by atoms with Crippen LogP contribution in [0, 0.1) is 5.82 Å². The number of hydrogen-bond donors (Lipinski definition) is 0. The molecule has 3 heteroatoms. The molecule has 0 aliphatic heterocycles. The molecule has 94 valence electrons. The van der Waals surface area contributed by atoms with E-state index in [1.807, 2.05) is 25.2 Å². The van der Waals surface area contributed by atoms with Gasteiger partial charge in [0.2, 0.25) is 0 Å². The molecule has 0 bridgehead atoms. The third-order valence-electron chi connectivity index (χ3n) is 2.71. The lowest BCUT2D eigenvalue weighted by Gasteiger charge is -2.19. The Morgan fingerprint density at radius 3 is 2.33 bits per heavy atom. The van der Waals surface area contributed by atoms with Gasteiger partial charge >= 0.3 is 0 Å². The summed E-state index contributed by atoms with van der Waals surface area (Å²) < 4.78 is 18.2. The fourth-order valence-corrected chi connectivity index (χ4v) is 1.64. The van der Waals surface area contributed by atoms with Gasteiger partial charge < -0.3 is 9.64 Å². The lowest BCUT2D eigenvalue weighted by atomic mass is 10.3. The Balaban J connectivity index is 1.80. The van der Waals surface area contributed by atoms with Crippen molar-refractivity contribution in [3.63, 3.8) is 0 Å². The molecule has 0 saturated carbocycles. The molecule has 0 spiro atoms. The second-order valence-electron chi connectivity index (χ2n) is 4.06. The molecule has 2 rings (SSSR count). The van der Waals surface area contributed by atoms with Crippen molar-refractivity contribution in [2.45, 2.75) is 0 Å². The van der Waals surface area contributed by atoms with Crippen molar-refractivity contribution in [3.8, 4) is 5.75 Å². The molecule has 0 radical (unpaired) electrons. The normalized spacial score (nSPS) is 10.1. The van der Waals surface area contributed by atoms with Crippen molar-refractivity contribution in [2.24, 2.45) is 0 Å². The highest BCUT2D eigenvalue weighted by Gasteiger charge is 2.00. The number of anilines is 1. The van der Waals surface area contributed by atoms with E-state index in [4.69, 9.17) is 4.74 Å². The zero-order chi connectivity index (χ0) is 12.8. The van der Waals surface area contributed by atoms with Gasteiger partial charge in [0.25, 0.3) is 0 Å². The van der Waals surface area contributed by atoms with Crippen molar-refractivity contribution in [1.29, 1.82) is 0 Å². The summed E-state index contributed by atoms with van der Waals surface area (Å²) in [5, 5.41) is 0. The molecule has 18 heavy (non-hydrogen) atoms. The van der Waals surface area contributed by atoms with Crippen molar-refractivity contribution in [1.82, 2.24) is 0 Å². The Labute approximate surface area is 107 Å². The number of rotatable bonds is 5. The van der Waals surface area contributed by atoms with Gasteiger partial charge in [0, 0.05) is 12.7 Å². The largest absolute Gasteiger partial charge is 0.492 e. The molecule has 2 nitrogen and oxygen atoms in total. The second-order valence-corrected chi connectivity index (χ2v) is 4.06. The fourth-order valence-electron chi connectivity index (χ4n) is 1.64. The number of ether oxygens (including phenoxy) is 1. The van der Waals surface area contributed by atoms with Gasteiger partial charge in [0.05, 0.1) is 6.54 Å². The minimum atomic E-state index is -0.247. The predicted molar refractivity (Wildman–Crippen MR) is 71.6 cm³/mol. The van der Waals surface area contributed by atoms with Gasteiger partial charge in [0.1, 0.15) is 18.2 Å². The van der Waals surface area contributed by atoms with E-state index in [1.165, 1.54) is 12.1 Å². The van der Waals surface area contributed by atoms with E-state index in [0.29, 0.717) is 12.4 Å². The number of likely N-dealkylation sites (N-methyl/N-ethyl adjacent to an activating group) is 1. The first kappa shape index (κ1) is 12.4. The summed E-state index contributed by atoms with van der Waals surface area (Å²) in [6.07, 6.45) is 0. The smallest absolute Gasteiger partial charge is 0.123 e. The van der Waals surface area contributed by atoms with Gasteiger partial charge in [-0.1, -0.05) is 18.2 Å². The summed E-state index contributed by atoms with van der Waals surface area (Å²) in [5.74, 6) is 0.446. The standard InChI is InChI=1S/C15H16FNO/c1-17(14-5-3-2-4-6-14)11-12-18-15-9-7-13(16)8-10-15/h2-10H,11-12H2,1H3. The van der Waals surface area contributed by atoms with Crippen molar-refractivity contribution in [2.75, 3.05) is 25.1 Å². The van der Waals surface area contributed by atoms with E-state index in [1.54, 1.807) is 12.1 Å². The lowest BCUT2D eigenvalue weighted by Crippen LogP contribution is -2.23. The SMILES string of the molecule is CN(CCOc1ccc(F)cc1)c1ccccc1.